The van der Waals surface area contributed by atoms with E-state index in [0.29, 0.717) is 5.88 Å². The van der Waals surface area contributed by atoms with E-state index in [2.05, 4.69) is 24.0 Å². The minimum absolute atomic E-state index is 0.687. The van der Waals surface area contributed by atoms with Gasteiger partial charge in [0, 0.05) is 18.6 Å². The maximum atomic E-state index is 5.69. The van der Waals surface area contributed by atoms with E-state index in [9.17, 15) is 0 Å². The van der Waals surface area contributed by atoms with Crippen molar-refractivity contribution in [2.45, 2.75) is 13.3 Å². The van der Waals surface area contributed by atoms with E-state index in [1.807, 2.05) is 12.3 Å². The second-order valence-electron chi connectivity index (χ2n) is 3.61. The Bertz CT molecular complexity index is 376. The summed E-state index contributed by atoms with van der Waals surface area (Å²) in [5, 5.41) is 0. The molecule has 80 valence electrons. The predicted octanol–water partition coefficient (Wildman–Crippen LogP) is 3.29. The van der Waals surface area contributed by atoms with Crippen molar-refractivity contribution in [3.63, 3.8) is 0 Å². The monoisotopic (exact) mass is 223 g/mol. The molecule has 1 aliphatic rings. The SMILES string of the molecule is Cc1ccc2c(c1)OC=CN2CCCCl. The molecule has 0 atom stereocenters. The molecule has 3 heteroatoms. The van der Waals surface area contributed by atoms with Crippen molar-refractivity contribution in [3.05, 3.63) is 36.2 Å². The Morgan fingerprint density at radius 1 is 1.40 bits per heavy atom. The summed E-state index contributed by atoms with van der Waals surface area (Å²) in [4.78, 5) is 2.17. The number of fused-ring (bicyclic) bond motifs is 1. The zero-order chi connectivity index (χ0) is 10.7. The lowest BCUT2D eigenvalue weighted by molar-refractivity contribution is 0.468. The van der Waals surface area contributed by atoms with Gasteiger partial charge in [-0.25, -0.2) is 0 Å². The van der Waals surface area contributed by atoms with Crippen molar-refractivity contribution >= 4 is 17.3 Å². The molecule has 0 spiro atoms. The molecule has 0 radical (unpaired) electrons. The smallest absolute Gasteiger partial charge is 0.150 e. The maximum absolute atomic E-state index is 5.69. The molecular weight excluding hydrogens is 210 g/mol. The number of alkyl halides is 1. The molecule has 0 unspecified atom stereocenters. The first kappa shape index (κ1) is 10.4. The van der Waals surface area contributed by atoms with Gasteiger partial charge in [0.25, 0.3) is 0 Å². The van der Waals surface area contributed by atoms with Crippen molar-refractivity contribution in [3.8, 4) is 5.75 Å². The summed E-state index contributed by atoms with van der Waals surface area (Å²) < 4.78 is 5.46. The molecule has 0 saturated carbocycles. The number of nitrogens with zero attached hydrogens (tertiary/aromatic N) is 1. The molecule has 15 heavy (non-hydrogen) atoms. The van der Waals surface area contributed by atoms with Crippen LogP contribution in [0, 0.1) is 6.92 Å². The van der Waals surface area contributed by atoms with Crippen LogP contribution in [0.25, 0.3) is 0 Å². The van der Waals surface area contributed by atoms with Crippen molar-refractivity contribution in [2.24, 2.45) is 0 Å². The van der Waals surface area contributed by atoms with E-state index in [-0.39, 0.29) is 0 Å². The highest BCUT2D eigenvalue weighted by molar-refractivity contribution is 6.17. The van der Waals surface area contributed by atoms with Crippen LogP contribution in [0.4, 0.5) is 5.69 Å². The van der Waals surface area contributed by atoms with E-state index < -0.39 is 0 Å². The van der Waals surface area contributed by atoms with Crippen LogP contribution in [-0.2, 0) is 0 Å². The number of anilines is 1. The Morgan fingerprint density at radius 3 is 3.07 bits per heavy atom. The van der Waals surface area contributed by atoms with Gasteiger partial charge in [-0.15, -0.1) is 11.6 Å². The van der Waals surface area contributed by atoms with Crippen molar-refractivity contribution in [1.82, 2.24) is 0 Å². The highest BCUT2D eigenvalue weighted by Gasteiger charge is 2.13. The zero-order valence-corrected chi connectivity index (χ0v) is 9.50. The largest absolute Gasteiger partial charge is 0.461 e. The molecule has 0 bridgehead atoms. The van der Waals surface area contributed by atoms with E-state index >= 15 is 0 Å². The summed E-state index contributed by atoms with van der Waals surface area (Å²) >= 11 is 5.69. The molecule has 0 aromatic heterocycles. The van der Waals surface area contributed by atoms with Crippen LogP contribution in [0.3, 0.4) is 0 Å². The van der Waals surface area contributed by atoms with Gasteiger partial charge in [-0.05, 0) is 31.0 Å². The Hall–Kier alpha value is -1.15. The van der Waals surface area contributed by atoms with Gasteiger partial charge in [-0.3, -0.25) is 0 Å². The normalized spacial score (nSPS) is 13.6. The predicted molar refractivity (Wildman–Crippen MR) is 63.6 cm³/mol. The Labute approximate surface area is 95.1 Å². The molecule has 0 N–H and O–H groups in total. The first-order valence-electron chi connectivity index (χ1n) is 5.08. The highest BCUT2D eigenvalue weighted by Crippen LogP contribution is 2.32. The number of benzene rings is 1. The molecule has 0 fully saturated rings. The quantitative estimate of drug-likeness (QED) is 0.730. The van der Waals surface area contributed by atoms with Gasteiger partial charge in [0.1, 0.15) is 12.0 Å². The third-order valence-electron chi connectivity index (χ3n) is 2.39. The summed E-state index contributed by atoms with van der Waals surface area (Å²) in [6.45, 7) is 2.99. The molecule has 0 saturated heterocycles. The van der Waals surface area contributed by atoms with Crippen LogP contribution in [0.15, 0.2) is 30.7 Å². The van der Waals surface area contributed by atoms with Crippen LogP contribution in [-0.4, -0.2) is 12.4 Å². The van der Waals surface area contributed by atoms with Crippen LogP contribution >= 0.6 is 11.6 Å². The molecule has 2 rings (SSSR count). The topological polar surface area (TPSA) is 12.5 Å². The fraction of sp³-hybridized carbons (Fsp3) is 0.333. The minimum Gasteiger partial charge on any atom is -0.461 e. The van der Waals surface area contributed by atoms with E-state index in [0.717, 1.165) is 24.4 Å². The highest BCUT2D eigenvalue weighted by atomic mass is 35.5. The van der Waals surface area contributed by atoms with Gasteiger partial charge in [-0.1, -0.05) is 6.07 Å². The van der Waals surface area contributed by atoms with Gasteiger partial charge in [-0.2, -0.15) is 0 Å². The van der Waals surface area contributed by atoms with Gasteiger partial charge in [0.05, 0.1) is 5.69 Å². The summed E-state index contributed by atoms with van der Waals surface area (Å²) in [5.74, 6) is 1.61. The summed E-state index contributed by atoms with van der Waals surface area (Å²) in [6, 6.07) is 6.23. The summed E-state index contributed by atoms with van der Waals surface area (Å²) in [6.07, 6.45) is 4.64. The Balaban J connectivity index is 2.22. The maximum Gasteiger partial charge on any atom is 0.150 e. The summed E-state index contributed by atoms with van der Waals surface area (Å²) in [7, 11) is 0. The number of aryl methyl sites for hydroxylation is 1. The van der Waals surface area contributed by atoms with Gasteiger partial charge in [0.15, 0.2) is 0 Å². The minimum atomic E-state index is 0.687. The fourth-order valence-corrected chi connectivity index (χ4v) is 1.76. The molecule has 1 aromatic carbocycles. The average molecular weight is 224 g/mol. The van der Waals surface area contributed by atoms with Crippen LogP contribution < -0.4 is 9.64 Å². The molecule has 1 heterocycles. The number of rotatable bonds is 3. The fourth-order valence-electron chi connectivity index (χ4n) is 1.64. The molecular formula is C12H14ClNO. The van der Waals surface area contributed by atoms with E-state index in [4.69, 9.17) is 16.3 Å². The van der Waals surface area contributed by atoms with Gasteiger partial charge >= 0.3 is 0 Å². The lowest BCUT2D eigenvalue weighted by Crippen LogP contribution is -2.21. The van der Waals surface area contributed by atoms with E-state index in [1.54, 1.807) is 6.26 Å². The molecule has 1 aliphatic heterocycles. The number of hydrogen-bond acceptors (Lipinski definition) is 2. The summed E-state index contributed by atoms with van der Waals surface area (Å²) in [5.41, 5.74) is 2.33. The lowest BCUT2D eigenvalue weighted by atomic mass is 10.2. The van der Waals surface area contributed by atoms with Crippen LogP contribution in [0.5, 0.6) is 5.75 Å². The molecule has 1 aromatic rings. The van der Waals surface area contributed by atoms with Gasteiger partial charge in [0.2, 0.25) is 0 Å². The number of ether oxygens (including phenoxy) is 1. The molecule has 2 nitrogen and oxygen atoms in total. The Kier molecular flexibility index (Phi) is 3.17. The van der Waals surface area contributed by atoms with E-state index in [1.165, 1.54) is 5.56 Å². The first-order valence-corrected chi connectivity index (χ1v) is 5.61. The zero-order valence-electron chi connectivity index (χ0n) is 8.74. The lowest BCUT2D eigenvalue weighted by Gasteiger charge is -2.25. The van der Waals surface area contributed by atoms with Crippen LogP contribution in [0.1, 0.15) is 12.0 Å². The van der Waals surface area contributed by atoms with Crippen molar-refractivity contribution < 1.29 is 4.74 Å². The van der Waals surface area contributed by atoms with Gasteiger partial charge < -0.3 is 9.64 Å². The number of hydrogen-bond donors (Lipinski definition) is 0. The molecule has 0 aliphatic carbocycles. The third-order valence-corrected chi connectivity index (χ3v) is 2.66. The number of halogens is 1. The first-order chi connectivity index (χ1) is 7.31. The standard InChI is InChI=1S/C12H14ClNO/c1-10-3-4-11-12(9-10)15-8-7-14(11)6-2-5-13/h3-4,7-9H,2,5-6H2,1H3. The second-order valence-corrected chi connectivity index (χ2v) is 3.99. The van der Waals surface area contributed by atoms with Crippen LogP contribution in [0.2, 0.25) is 0 Å². The van der Waals surface area contributed by atoms with Crippen molar-refractivity contribution in [2.75, 3.05) is 17.3 Å². The Morgan fingerprint density at radius 2 is 2.27 bits per heavy atom. The average Bonchev–Trinajstić information content (AvgIpc) is 2.25. The second kappa shape index (κ2) is 4.58. The molecule has 0 amide bonds. The third kappa shape index (κ3) is 2.26. The van der Waals surface area contributed by atoms with Crippen molar-refractivity contribution in [1.29, 1.82) is 0 Å².